The normalized spacial score (nSPS) is 20.0. The average Bonchev–Trinajstić information content (AvgIpc) is 2.05. The lowest BCUT2D eigenvalue weighted by Gasteiger charge is -2.15. The highest BCUT2D eigenvalue weighted by Crippen LogP contribution is 2.15. The second kappa shape index (κ2) is 2.06. The van der Waals surface area contributed by atoms with Gasteiger partial charge in [0.05, 0.1) is 12.0 Å². The molecule has 0 aliphatic carbocycles. The molecular weight excluding hydrogens is 126 g/mol. The third-order valence-electron chi connectivity index (χ3n) is 1.31. The number of ether oxygens (including phenoxy) is 1. The Morgan fingerprint density at radius 2 is 2.50 bits per heavy atom. The first-order valence-electron chi connectivity index (χ1n) is 3.06. The molecule has 0 unspecified atom stereocenters. The molecule has 1 N–H and O–H groups in total. The summed E-state index contributed by atoms with van der Waals surface area (Å²) in [5.41, 5.74) is 0.894. The Kier molecular flexibility index (Phi) is 1.10. The van der Waals surface area contributed by atoms with Gasteiger partial charge in [-0.1, -0.05) is 0 Å². The van der Waals surface area contributed by atoms with E-state index in [1.165, 1.54) is 0 Å². The summed E-state index contributed by atoms with van der Waals surface area (Å²) >= 11 is 0. The molecule has 2 heteroatoms. The molecule has 2 aliphatic heterocycles. The maximum Gasteiger partial charge on any atom is 0.150 e. The Balaban J connectivity index is 2.38. The lowest BCUT2D eigenvalue weighted by atomic mass is 10.2. The first-order chi connectivity index (χ1) is 4.97. The highest BCUT2D eigenvalue weighted by Gasteiger charge is 2.08. The summed E-state index contributed by atoms with van der Waals surface area (Å²) in [6, 6.07) is 0. The van der Waals surface area contributed by atoms with E-state index >= 15 is 0 Å². The molecule has 0 aromatic heterocycles. The first-order valence-corrected chi connectivity index (χ1v) is 3.06. The molecule has 0 spiro atoms. The van der Waals surface area contributed by atoms with Gasteiger partial charge in [-0.25, -0.2) is 0 Å². The molecule has 0 saturated carbocycles. The molecule has 0 saturated heterocycles. The summed E-state index contributed by atoms with van der Waals surface area (Å²) in [6.07, 6.45) is 12.0. The van der Waals surface area contributed by atoms with Crippen LogP contribution in [0.5, 0.6) is 0 Å². The van der Waals surface area contributed by atoms with E-state index in [1.54, 1.807) is 12.3 Å². The van der Waals surface area contributed by atoms with Crippen molar-refractivity contribution in [3.05, 3.63) is 48.2 Å². The van der Waals surface area contributed by atoms with E-state index in [1.807, 2.05) is 18.4 Å². The Labute approximate surface area is 59.2 Å². The monoisotopic (exact) mass is 132 g/mol. The van der Waals surface area contributed by atoms with Crippen LogP contribution in [-0.2, 0) is 4.74 Å². The lowest BCUT2D eigenvalue weighted by molar-refractivity contribution is 0.350. The minimum absolute atomic E-state index is 0.824. The predicted octanol–water partition coefficient (Wildman–Crippen LogP) is 1.22. The van der Waals surface area contributed by atoms with Gasteiger partial charge in [-0.05, 0) is 18.2 Å². The van der Waals surface area contributed by atoms with E-state index < -0.39 is 0 Å². The molecule has 0 aromatic rings. The molecule has 2 aliphatic rings. The van der Waals surface area contributed by atoms with Gasteiger partial charge in [0.15, 0.2) is 5.76 Å². The number of hydrogen-bond donors (Lipinski definition) is 1. The summed E-state index contributed by atoms with van der Waals surface area (Å²) in [4.78, 5) is 0. The van der Waals surface area contributed by atoms with Crippen molar-refractivity contribution in [3.8, 4) is 0 Å². The minimum atomic E-state index is 0.824. The van der Waals surface area contributed by atoms with Crippen molar-refractivity contribution in [3.63, 3.8) is 0 Å². The third-order valence-corrected chi connectivity index (χ3v) is 1.31. The molecule has 0 fully saturated rings. The molecule has 2 heterocycles. The van der Waals surface area contributed by atoms with Crippen molar-refractivity contribution in [1.82, 2.24) is 5.32 Å². The van der Waals surface area contributed by atoms with Crippen LogP contribution >= 0.6 is 0 Å². The zero-order chi connectivity index (χ0) is 6.81. The van der Waals surface area contributed by atoms with E-state index in [9.17, 15) is 0 Å². The Hall–Kier alpha value is -1.44. The zero-order valence-electron chi connectivity index (χ0n) is 5.29. The SMILES string of the molecule is [C]1=C2NC=CC=C2OC=C1. The summed E-state index contributed by atoms with van der Waals surface area (Å²) in [5.74, 6) is 0.824. The Morgan fingerprint density at radius 1 is 1.50 bits per heavy atom. The number of allylic oxidation sites excluding steroid dienone is 4. The summed E-state index contributed by atoms with van der Waals surface area (Å²) in [7, 11) is 0. The number of rotatable bonds is 0. The van der Waals surface area contributed by atoms with Crippen LogP contribution in [0.4, 0.5) is 0 Å². The molecule has 2 rings (SSSR count). The van der Waals surface area contributed by atoms with Crippen LogP contribution in [0.3, 0.4) is 0 Å². The maximum atomic E-state index is 5.15. The van der Waals surface area contributed by atoms with Gasteiger partial charge in [0.1, 0.15) is 0 Å². The molecule has 0 aromatic carbocycles. The number of nitrogens with one attached hydrogen (secondary N) is 1. The van der Waals surface area contributed by atoms with Gasteiger partial charge in [-0.2, -0.15) is 0 Å². The third kappa shape index (κ3) is 0.739. The fraction of sp³-hybridized carbons (Fsp3) is 0. The Morgan fingerprint density at radius 3 is 3.40 bits per heavy atom. The number of hydrogen-bond acceptors (Lipinski definition) is 2. The highest BCUT2D eigenvalue weighted by molar-refractivity contribution is 5.35. The fourth-order valence-electron chi connectivity index (χ4n) is 0.857. The van der Waals surface area contributed by atoms with Crippen molar-refractivity contribution >= 4 is 0 Å². The van der Waals surface area contributed by atoms with Crippen molar-refractivity contribution in [1.29, 1.82) is 0 Å². The lowest BCUT2D eigenvalue weighted by Crippen LogP contribution is -2.12. The highest BCUT2D eigenvalue weighted by atomic mass is 16.5. The largest absolute Gasteiger partial charge is 0.463 e. The van der Waals surface area contributed by atoms with E-state index in [0.717, 1.165) is 11.5 Å². The summed E-state index contributed by atoms with van der Waals surface area (Å²) in [5, 5.41) is 3.00. The van der Waals surface area contributed by atoms with Crippen molar-refractivity contribution in [2.75, 3.05) is 0 Å². The van der Waals surface area contributed by atoms with Gasteiger partial charge >= 0.3 is 0 Å². The average molecular weight is 132 g/mol. The van der Waals surface area contributed by atoms with Crippen molar-refractivity contribution < 1.29 is 4.74 Å². The van der Waals surface area contributed by atoms with Crippen LogP contribution in [0.25, 0.3) is 0 Å². The quantitative estimate of drug-likeness (QED) is 0.535. The van der Waals surface area contributed by atoms with Gasteiger partial charge in [0.25, 0.3) is 0 Å². The smallest absolute Gasteiger partial charge is 0.150 e. The fourth-order valence-corrected chi connectivity index (χ4v) is 0.857. The molecule has 10 heavy (non-hydrogen) atoms. The topological polar surface area (TPSA) is 21.3 Å². The van der Waals surface area contributed by atoms with E-state index in [2.05, 4.69) is 11.4 Å². The minimum Gasteiger partial charge on any atom is -0.463 e. The van der Waals surface area contributed by atoms with Crippen LogP contribution in [0.1, 0.15) is 0 Å². The maximum absolute atomic E-state index is 5.15. The molecule has 0 bridgehead atoms. The van der Waals surface area contributed by atoms with Gasteiger partial charge in [-0.15, -0.1) is 0 Å². The summed E-state index contributed by atoms with van der Waals surface area (Å²) < 4.78 is 5.15. The van der Waals surface area contributed by atoms with Gasteiger partial charge in [0, 0.05) is 12.3 Å². The number of dihydropyridines is 1. The van der Waals surface area contributed by atoms with E-state index in [0.29, 0.717) is 0 Å². The molecule has 1 radical (unpaired) electrons. The second-order valence-electron chi connectivity index (χ2n) is 1.97. The van der Waals surface area contributed by atoms with Crippen molar-refractivity contribution in [2.24, 2.45) is 0 Å². The molecule has 0 amide bonds. The second-order valence-corrected chi connectivity index (χ2v) is 1.97. The van der Waals surface area contributed by atoms with Gasteiger partial charge < -0.3 is 10.1 Å². The van der Waals surface area contributed by atoms with Gasteiger partial charge in [0.2, 0.25) is 0 Å². The zero-order valence-corrected chi connectivity index (χ0v) is 5.29. The molecule has 49 valence electrons. The van der Waals surface area contributed by atoms with E-state index in [-0.39, 0.29) is 0 Å². The van der Waals surface area contributed by atoms with E-state index in [4.69, 9.17) is 4.74 Å². The van der Waals surface area contributed by atoms with Crippen LogP contribution in [0.2, 0.25) is 0 Å². The van der Waals surface area contributed by atoms with Crippen LogP contribution < -0.4 is 5.32 Å². The Bertz CT molecular complexity index is 230. The van der Waals surface area contributed by atoms with Crippen molar-refractivity contribution in [2.45, 2.75) is 0 Å². The predicted molar refractivity (Wildman–Crippen MR) is 37.3 cm³/mol. The van der Waals surface area contributed by atoms with Gasteiger partial charge in [-0.3, -0.25) is 0 Å². The van der Waals surface area contributed by atoms with Crippen LogP contribution in [-0.4, -0.2) is 0 Å². The standard InChI is InChI=1S/C8H6NO/c1-4-8-7(9-5-1)3-2-6-10-8/h1-2,4-6,9H. The first kappa shape index (κ1) is 5.35. The molecular formula is C8H6NO. The van der Waals surface area contributed by atoms with Crippen LogP contribution in [0, 0.1) is 6.08 Å². The molecule has 2 nitrogen and oxygen atoms in total. The number of fused-ring (bicyclic) bond motifs is 1. The van der Waals surface area contributed by atoms with Crippen LogP contribution in [0.15, 0.2) is 42.1 Å². The molecule has 0 atom stereocenters. The summed E-state index contributed by atoms with van der Waals surface area (Å²) in [6.45, 7) is 0.